The summed E-state index contributed by atoms with van der Waals surface area (Å²) < 4.78 is 19.3. The van der Waals surface area contributed by atoms with Gasteiger partial charge < -0.3 is 14.2 Å². The van der Waals surface area contributed by atoms with Gasteiger partial charge >= 0.3 is 0 Å². The second kappa shape index (κ2) is 6.15. The molecule has 0 radical (unpaired) electrons. The van der Waals surface area contributed by atoms with E-state index in [1.54, 1.807) is 18.2 Å². The highest BCUT2D eigenvalue weighted by atomic mass is 19.1. The maximum Gasteiger partial charge on any atom is 0.289 e. The number of nitrogens with zero attached hydrogens (tertiary/aromatic N) is 2. The molecule has 0 bridgehead atoms. The van der Waals surface area contributed by atoms with Gasteiger partial charge in [-0.15, -0.1) is 0 Å². The van der Waals surface area contributed by atoms with Crippen LogP contribution in [0.25, 0.3) is 0 Å². The van der Waals surface area contributed by atoms with E-state index in [0.717, 1.165) is 30.8 Å². The largest absolute Gasteiger partial charge is 0.456 e. The smallest absolute Gasteiger partial charge is 0.289 e. The number of carbonyl (C=O) groups is 1. The monoisotopic (exact) mass is 356 g/mol. The Hall–Kier alpha value is -2.30. The number of likely N-dealkylation sites (tertiary alicyclic amines) is 1. The van der Waals surface area contributed by atoms with E-state index in [0.29, 0.717) is 24.3 Å². The maximum absolute atomic E-state index is 13.8. The molecule has 2 atom stereocenters. The predicted molar refractivity (Wildman–Crippen MR) is 98.8 cm³/mol. The van der Waals surface area contributed by atoms with Crippen molar-refractivity contribution >= 4 is 11.6 Å². The number of aryl methyl sites for hydroxylation is 1. The Morgan fingerprint density at radius 1 is 1.27 bits per heavy atom. The molecule has 1 amide bonds. The third-order valence-electron chi connectivity index (χ3n) is 5.76. The Kier molecular flexibility index (Phi) is 4.05. The molecule has 26 heavy (non-hydrogen) atoms. The Morgan fingerprint density at radius 2 is 2.08 bits per heavy atom. The average Bonchev–Trinajstić information content (AvgIpc) is 3.12. The molecular formula is C21H25FN2O2. The first-order valence-corrected chi connectivity index (χ1v) is 9.26. The SMILES string of the molecule is Cc1ccc(C(=O)N2CC[C@H]3[C@@H](C2)CC(C)(C)N3c2cccc(F)c2)o1. The number of hydrogen-bond donors (Lipinski definition) is 0. The van der Waals surface area contributed by atoms with E-state index < -0.39 is 0 Å². The topological polar surface area (TPSA) is 36.7 Å². The fraction of sp³-hybridized carbons (Fsp3) is 0.476. The molecule has 2 aliphatic heterocycles. The molecule has 4 rings (SSSR count). The molecule has 0 aliphatic carbocycles. The number of benzene rings is 1. The van der Waals surface area contributed by atoms with E-state index >= 15 is 0 Å². The molecule has 2 fully saturated rings. The first-order chi connectivity index (χ1) is 12.3. The highest BCUT2D eigenvalue weighted by molar-refractivity contribution is 5.91. The second-order valence-electron chi connectivity index (χ2n) is 8.14. The van der Waals surface area contributed by atoms with Gasteiger partial charge in [-0.3, -0.25) is 4.79 Å². The van der Waals surface area contributed by atoms with E-state index in [1.807, 2.05) is 24.0 Å². The summed E-state index contributed by atoms with van der Waals surface area (Å²) in [6, 6.07) is 10.8. The maximum atomic E-state index is 13.8. The Bertz CT molecular complexity index is 829. The van der Waals surface area contributed by atoms with Crippen LogP contribution in [0.3, 0.4) is 0 Å². The van der Waals surface area contributed by atoms with Gasteiger partial charge in [0.15, 0.2) is 5.76 Å². The molecule has 2 aliphatic rings. The Balaban J connectivity index is 1.55. The van der Waals surface area contributed by atoms with Crippen molar-refractivity contribution in [1.29, 1.82) is 0 Å². The van der Waals surface area contributed by atoms with Gasteiger partial charge in [0.25, 0.3) is 5.91 Å². The number of carbonyl (C=O) groups excluding carboxylic acids is 1. The van der Waals surface area contributed by atoms with E-state index in [4.69, 9.17) is 4.42 Å². The molecule has 4 nitrogen and oxygen atoms in total. The molecule has 138 valence electrons. The van der Waals surface area contributed by atoms with E-state index in [-0.39, 0.29) is 17.3 Å². The summed E-state index contributed by atoms with van der Waals surface area (Å²) >= 11 is 0. The van der Waals surface area contributed by atoms with Crippen LogP contribution in [0.5, 0.6) is 0 Å². The minimum absolute atomic E-state index is 0.0291. The van der Waals surface area contributed by atoms with Crippen LogP contribution in [-0.2, 0) is 0 Å². The van der Waals surface area contributed by atoms with Gasteiger partial charge in [0.05, 0.1) is 0 Å². The molecule has 5 heteroatoms. The van der Waals surface area contributed by atoms with Crippen LogP contribution in [0.4, 0.5) is 10.1 Å². The molecule has 2 aromatic rings. The molecule has 1 aromatic heterocycles. The zero-order valence-corrected chi connectivity index (χ0v) is 15.5. The lowest BCUT2D eigenvalue weighted by molar-refractivity contribution is 0.0634. The van der Waals surface area contributed by atoms with Gasteiger partial charge in [0, 0.05) is 30.4 Å². The number of amides is 1. The number of rotatable bonds is 2. The van der Waals surface area contributed by atoms with Crippen LogP contribution >= 0.6 is 0 Å². The Labute approximate surface area is 153 Å². The molecule has 0 saturated carbocycles. The van der Waals surface area contributed by atoms with Gasteiger partial charge in [-0.2, -0.15) is 0 Å². The summed E-state index contributed by atoms with van der Waals surface area (Å²) in [5, 5.41) is 0. The standard InChI is InChI=1S/C21H25FN2O2/c1-14-7-8-19(26-14)20(25)23-10-9-18-15(13-23)12-21(2,3)24(18)17-6-4-5-16(22)11-17/h4-8,11,15,18H,9-10,12-13H2,1-3H3/t15-,18+/m1/s1. The van der Waals surface area contributed by atoms with Gasteiger partial charge in [-0.1, -0.05) is 6.07 Å². The van der Waals surface area contributed by atoms with Crippen molar-refractivity contribution in [3.8, 4) is 0 Å². The molecule has 0 N–H and O–H groups in total. The van der Waals surface area contributed by atoms with Crippen molar-refractivity contribution in [2.24, 2.45) is 5.92 Å². The fourth-order valence-electron chi connectivity index (χ4n) is 4.81. The lowest BCUT2D eigenvalue weighted by Gasteiger charge is -2.41. The van der Waals surface area contributed by atoms with Crippen LogP contribution in [-0.4, -0.2) is 35.5 Å². The van der Waals surface area contributed by atoms with Crippen molar-refractivity contribution < 1.29 is 13.6 Å². The molecule has 3 heterocycles. The number of piperidine rings is 1. The lowest BCUT2D eigenvalue weighted by atomic mass is 9.89. The zero-order valence-electron chi connectivity index (χ0n) is 15.5. The minimum Gasteiger partial charge on any atom is -0.456 e. The van der Waals surface area contributed by atoms with Gasteiger partial charge in [-0.05, 0) is 69.9 Å². The second-order valence-corrected chi connectivity index (χ2v) is 8.14. The van der Waals surface area contributed by atoms with E-state index in [2.05, 4.69) is 18.7 Å². The summed E-state index contributed by atoms with van der Waals surface area (Å²) in [4.78, 5) is 17.0. The van der Waals surface area contributed by atoms with Crippen LogP contribution < -0.4 is 4.90 Å². The van der Waals surface area contributed by atoms with Gasteiger partial charge in [0.2, 0.25) is 0 Å². The van der Waals surface area contributed by atoms with E-state index in [1.165, 1.54) is 6.07 Å². The third-order valence-corrected chi connectivity index (χ3v) is 5.76. The normalized spacial score (nSPS) is 24.6. The van der Waals surface area contributed by atoms with E-state index in [9.17, 15) is 9.18 Å². The number of fused-ring (bicyclic) bond motifs is 1. The van der Waals surface area contributed by atoms with Crippen molar-refractivity contribution in [2.75, 3.05) is 18.0 Å². The summed E-state index contributed by atoms with van der Waals surface area (Å²) in [5.74, 6) is 1.31. The van der Waals surface area contributed by atoms with Crippen LogP contribution in [0, 0.1) is 18.7 Å². The number of furan rings is 1. The van der Waals surface area contributed by atoms with Crippen molar-refractivity contribution in [3.05, 3.63) is 53.7 Å². The number of hydrogen-bond acceptors (Lipinski definition) is 3. The van der Waals surface area contributed by atoms with Crippen molar-refractivity contribution in [1.82, 2.24) is 4.90 Å². The Morgan fingerprint density at radius 3 is 2.77 bits per heavy atom. The van der Waals surface area contributed by atoms with Gasteiger partial charge in [-0.25, -0.2) is 4.39 Å². The van der Waals surface area contributed by atoms with Crippen molar-refractivity contribution in [2.45, 2.75) is 45.2 Å². The minimum atomic E-state index is -0.206. The summed E-state index contributed by atoms with van der Waals surface area (Å²) in [7, 11) is 0. The number of halogens is 1. The average molecular weight is 356 g/mol. The van der Waals surface area contributed by atoms with Crippen LogP contribution in [0.2, 0.25) is 0 Å². The predicted octanol–water partition coefficient (Wildman–Crippen LogP) is 4.25. The molecule has 2 saturated heterocycles. The first kappa shape index (κ1) is 17.1. The summed E-state index contributed by atoms with van der Waals surface area (Å²) in [5.41, 5.74) is 0.868. The fourth-order valence-corrected chi connectivity index (χ4v) is 4.81. The zero-order chi connectivity index (χ0) is 18.5. The van der Waals surface area contributed by atoms with Crippen molar-refractivity contribution in [3.63, 3.8) is 0 Å². The molecule has 0 unspecified atom stereocenters. The molecule has 0 spiro atoms. The summed E-state index contributed by atoms with van der Waals surface area (Å²) in [6.07, 6.45) is 1.87. The number of anilines is 1. The highest BCUT2D eigenvalue weighted by Gasteiger charge is 2.48. The lowest BCUT2D eigenvalue weighted by Crippen LogP contribution is -2.50. The first-order valence-electron chi connectivity index (χ1n) is 9.26. The van der Waals surface area contributed by atoms with Crippen LogP contribution in [0.15, 0.2) is 40.8 Å². The third kappa shape index (κ3) is 2.89. The summed E-state index contributed by atoms with van der Waals surface area (Å²) in [6.45, 7) is 7.68. The molecular weight excluding hydrogens is 331 g/mol. The van der Waals surface area contributed by atoms with Crippen LogP contribution in [0.1, 0.15) is 43.0 Å². The highest BCUT2D eigenvalue weighted by Crippen LogP contribution is 2.44. The quantitative estimate of drug-likeness (QED) is 0.807. The van der Waals surface area contributed by atoms with Gasteiger partial charge in [0.1, 0.15) is 11.6 Å². The molecule has 1 aromatic carbocycles.